The van der Waals surface area contributed by atoms with E-state index in [9.17, 15) is 4.79 Å². The summed E-state index contributed by atoms with van der Waals surface area (Å²) < 4.78 is 0. The number of rotatable bonds is 3. The van der Waals surface area contributed by atoms with Gasteiger partial charge in [0, 0.05) is 18.1 Å². The zero-order chi connectivity index (χ0) is 12.3. The molecule has 1 aromatic rings. The fourth-order valence-corrected chi connectivity index (χ4v) is 2.46. The lowest BCUT2D eigenvalue weighted by atomic mass is 9.98. The molecule has 1 atom stereocenters. The van der Waals surface area contributed by atoms with Gasteiger partial charge in [0.15, 0.2) is 0 Å². The van der Waals surface area contributed by atoms with Crippen LogP contribution in [0.5, 0.6) is 0 Å². The minimum absolute atomic E-state index is 0. The van der Waals surface area contributed by atoms with Gasteiger partial charge in [-0.2, -0.15) is 0 Å². The Morgan fingerprint density at radius 1 is 1.44 bits per heavy atom. The Kier molecular flexibility index (Phi) is 5.93. The van der Waals surface area contributed by atoms with Crippen LogP contribution in [0.3, 0.4) is 0 Å². The molecule has 1 aliphatic heterocycles. The summed E-state index contributed by atoms with van der Waals surface area (Å²) >= 11 is 6.10. The van der Waals surface area contributed by atoms with Crippen molar-refractivity contribution in [1.82, 2.24) is 4.90 Å². The van der Waals surface area contributed by atoms with E-state index in [1.807, 2.05) is 24.3 Å². The third-order valence-electron chi connectivity index (χ3n) is 3.21. The molecule has 0 saturated carbocycles. The van der Waals surface area contributed by atoms with E-state index in [1.165, 1.54) is 0 Å². The zero-order valence-corrected chi connectivity index (χ0v) is 11.6. The monoisotopic (exact) mass is 289 g/mol. The van der Waals surface area contributed by atoms with Crippen molar-refractivity contribution in [3.63, 3.8) is 0 Å². The maximum Gasteiger partial charge on any atom is 0.307 e. The number of carbonyl (C=O) groups is 1. The molecule has 100 valence electrons. The summed E-state index contributed by atoms with van der Waals surface area (Å²) in [5, 5.41) is 9.78. The van der Waals surface area contributed by atoms with Crippen LogP contribution < -0.4 is 0 Å². The second-order valence-corrected chi connectivity index (χ2v) is 4.91. The van der Waals surface area contributed by atoms with Crippen LogP contribution in [0.1, 0.15) is 18.4 Å². The van der Waals surface area contributed by atoms with Gasteiger partial charge in [-0.15, -0.1) is 12.4 Å². The molecule has 3 nitrogen and oxygen atoms in total. The first-order valence-electron chi connectivity index (χ1n) is 5.85. The molecule has 1 saturated heterocycles. The van der Waals surface area contributed by atoms with Crippen LogP contribution in [-0.4, -0.2) is 29.1 Å². The number of benzene rings is 1. The highest BCUT2D eigenvalue weighted by Crippen LogP contribution is 2.22. The first-order valence-corrected chi connectivity index (χ1v) is 6.23. The fourth-order valence-electron chi connectivity index (χ4n) is 2.27. The highest BCUT2D eigenvalue weighted by Gasteiger charge is 2.25. The molecule has 0 aliphatic carbocycles. The number of hydrogen-bond donors (Lipinski definition) is 1. The lowest BCUT2D eigenvalue weighted by Gasteiger charge is -2.30. The van der Waals surface area contributed by atoms with Crippen molar-refractivity contribution in [3.05, 3.63) is 34.9 Å². The quantitative estimate of drug-likeness (QED) is 0.930. The first-order chi connectivity index (χ1) is 8.16. The van der Waals surface area contributed by atoms with Crippen LogP contribution >= 0.6 is 24.0 Å². The molecule has 1 fully saturated rings. The van der Waals surface area contributed by atoms with Crippen LogP contribution in [0.25, 0.3) is 0 Å². The standard InChI is InChI=1S/C13H16ClNO2.ClH/c14-12-6-2-1-4-10(12)8-15-7-3-5-11(9-15)13(16)17;/h1-2,4,6,11H,3,5,7-9H2,(H,16,17);1H. The van der Waals surface area contributed by atoms with Crippen LogP contribution in [0.2, 0.25) is 5.02 Å². The minimum Gasteiger partial charge on any atom is -0.481 e. The molecule has 1 unspecified atom stereocenters. The van der Waals surface area contributed by atoms with Gasteiger partial charge in [0.25, 0.3) is 0 Å². The van der Waals surface area contributed by atoms with Gasteiger partial charge < -0.3 is 5.11 Å². The molecule has 1 N–H and O–H groups in total. The van der Waals surface area contributed by atoms with E-state index in [1.54, 1.807) is 0 Å². The zero-order valence-electron chi connectivity index (χ0n) is 10.0. The Balaban J connectivity index is 0.00000162. The van der Waals surface area contributed by atoms with Crippen molar-refractivity contribution < 1.29 is 9.90 Å². The van der Waals surface area contributed by atoms with E-state index < -0.39 is 5.97 Å². The van der Waals surface area contributed by atoms with Crippen LogP contribution in [-0.2, 0) is 11.3 Å². The van der Waals surface area contributed by atoms with Crippen molar-refractivity contribution in [3.8, 4) is 0 Å². The van der Waals surface area contributed by atoms with Gasteiger partial charge in [0.05, 0.1) is 5.92 Å². The van der Waals surface area contributed by atoms with E-state index in [-0.39, 0.29) is 18.3 Å². The van der Waals surface area contributed by atoms with Crippen LogP contribution in [0.15, 0.2) is 24.3 Å². The predicted octanol–water partition coefficient (Wildman–Crippen LogP) is 3.06. The van der Waals surface area contributed by atoms with Crippen LogP contribution in [0.4, 0.5) is 0 Å². The van der Waals surface area contributed by atoms with Gasteiger partial charge in [-0.3, -0.25) is 9.69 Å². The SMILES string of the molecule is Cl.O=C(O)C1CCCN(Cc2ccccc2Cl)C1. The molecular weight excluding hydrogens is 273 g/mol. The summed E-state index contributed by atoms with van der Waals surface area (Å²) in [6.45, 7) is 2.32. The van der Waals surface area contributed by atoms with Gasteiger partial charge in [0.1, 0.15) is 0 Å². The number of hydrogen-bond acceptors (Lipinski definition) is 2. The fraction of sp³-hybridized carbons (Fsp3) is 0.462. The normalized spacial score (nSPS) is 20.2. The topological polar surface area (TPSA) is 40.5 Å². The molecule has 1 aliphatic rings. The number of nitrogens with zero attached hydrogens (tertiary/aromatic N) is 1. The van der Waals surface area contributed by atoms with Crippen molar-refractivity contribution >= 4 is 30.0 Å². The van der Waals surface area contributed by atoms with Crippen molar-refractivity contribution in [1.29, 1.82) is 0 Å². The molecular formula is C13H17Cl2NO2. The molecule has 1 aromatic carbocycles. The van der Waals surface area contributed by atoms with E-state index >= 15 is 0 Å². The predicted molar refractivity (Wildman–Crippen MR) is 74.3 cm³/mol. The second kappa shape index (κ2) is 6.98. The summed E-state index contributed by atoms with van der Waals surface area (Å²) in [5.74, 6) is -0.917. The van der Waals surface area contributed by atoms with E-state index in [0.717, 1.165) is 36.5 Å². The molecule has 18 heavy (non-hydrogen) atoms. The summed E-state index contributed by atoms with van der Waals surface area (Å²) in [6.07, 6.45) is 1.73. The van der Waals surface area contributed by atoms with Crippen molar-refractivity contribution in [2.24, 2.45) is 5.92 Å². The lowest BCUT2D eigenvalue weighted by Crippen LogP contribution is -2.38. The van der Waals surface area contributed by atoms with Gasteiger partial charge in [0.2, 0.25) is 0 Å². The van der Waals surface area contributed by atoms with Gasteiger partial charge in [-0.1, -0.05) is 29.8 Å². The number of aliphatic carboxylic acids is 1. The Labute approximate surface area is 118 Å². The molecule has 0 aromatic heterocycles. The minimum atomic E-state index is -0.686. The molecule has 0 bridgehead atoms. The Morgan fingerprint density at radius 3 is 2.83 bits per heavy atom. The number of carboxylic acid groups (broad SMARTS) is 1. The van der Waals surface area contributed by atoms with Crippen molar-refractivity contribution in [2.75, 3.05) is 13.1 Å². The first kappa shape index (κ1) is 15.3. The van der Waals surface area contributed by atoms with E-state index in [2.05, 4.69) is 4.90 Å². The summed E-state index contributed by atoms with van der Waals surface area (Å²) in [7, 11) is 0. The molecule has 0 spiro atoms. The summed E-state index contributed by atoms with van der Waals surface area (Å²) in [6, 6.07) is 7.73. The van der Waals surface area contributed by atoms with Crippen LogP contribution in [0, 0.1) is 5.92 Å². The lowest BCUT2D eigenvalue weighted by molar-refractivity contribution is -0.143. The second-order valence-electron chi connectivity index (χ2n) is 4.50. The van der Waals surface area contributed by atoms with Crippen molar-refractivity contribution in [2.45, 2.75) is 19.4 Å². The molecule has 0 radical (unpaired) electrons. The van der Waals surface area contributed by atoms with E-state index in [0.29, 0.717) is 6.54 Å². The molecule has 5 heteroatoms. The Hall–Kier alpha value is -0.770. The highest BCUT2D eigenvalue weighted by atomic mass is 35.5. The van der Waals surface area contributed by atoms with Gasteiger partial charge in [-0.25, -0.2) is 0 Å². The number of piperidine rings is 1. The third kappa shape index (κ3) is 3.87. The third-order valence-corrected chi connectivity index (χ3v) is 3.58. The highest BCUT2D eigenvalue weighted by molar-refractivity contribution is 6.31. The van der Waals surface area contributed by atoms with E-state index in [4.69, 9.17) is 16.7 Å². The van der Waals surface area contributed by atoms with Gasteiger partial charge >= 0.3 is 5.97 Å². The number of carboxylic acids is 1. The smallest absolute Gasteiger partial charge is 0.307 e. The molecule has 2 rings (SSSR count). The molecule has 0 amide bonds. The Bertz CT molecular complexity index is 412. The summed E-state index contributed by atoms with van der Waals surface area (Å²) in [4.78, 5) is 13.1. The number of halogens is 2. The largest absolute Gasteiger partial charge is 0.481 e. The molecule has 1 heterocycles. The maximum atomic E-state index is 11.0. The average molecular weight is 290 g/mol. The summed E-state index contributed by atoms with van der Waals surface area (Å²) in [5.41, 5.74) is 1.07. The maximum absolute atomic E-state index is 11.0. The number of likely N-dealkylation sites (tertiary alicyclic amines) is 1. The van der Waals surface area contributed by atoms with Gasteiger partial charge in [-0.05, 0) is 31.0 Å². The average Bonchev–Trinajstić information content (AvgIpc) is 2.32. The Morgan fingerprint density at radius 2 is 2.17 bits per heavy atom.